The first-order valence-corrected chi connectivity index (χ1v) is 6.04. The Labute approximate surface area is 79.5 Å². The third-order valence-corrected chi connectivity index (χ3v) is 3.28. The van der Waals surface area contributed by atoms with Gasteiger partial charge in [0.1, 0.15) is 0 Å². The van der Waals surface area contributed by atoms with Gasteiger partial charge in [0.2, 0.25) is 0 Å². The zero-order chi connectivity index (χ0) is 9.73. The summed E-state index contributed by atoms with van der Waals surface area (Å²) < 4.78 is 27.6. The maximum atomic E-state index is 11.3. The van der Waals surface area contributed by atoms with Crippen molar-refractivity contribution in [3.63, 3.8) is 0 Å². The monoisotopic (exact) mass is 207 g/mol. The van der Waals surface area contributed by atoms with Crippen LogP contribution in [0.2, 0.25) is 0 Å². The smallest absolute Gasteiger partial charge is 0.278 e. The summed E-state index contributed by atoms with van der Waals surface area (Å²) in [6.45, 7) is 0.266. The van der Waals surface area contributed by atoms with E-state index in [-0.39, 0.29) is 12.7 Å². The molecule has 0 aliphatic heterocycles. The molecule has 1 aliphatic carbocycles. The van der Waals surface area contributed by atoms with Crippen LogP contribution >= 0.6 is 0 Å². The van der Waals surface area contributed by atoms with Crippen molar-refractivity contribution in [2.45, 2.75) is 31.7 Å². The lowest BCUT2D eigenvalue weighted by molar-refractivity contribution is 0.535. The molecular formula is C7H17N3O2S. The fourth-order valence-corrected chi connectivity index (χ4v) is 2.56. The lowest BCUT2D eigenvalue weighted by Gasteiger charge is -2.12. The summed E-state index contributed by atoms with van der Waals surface area (Å²) in [4.78, 5) is 0. The van der Waals surface area contributed by atoms with Gasteiger partial charge in [-0.25, -0.2) is 0 Å². The third-order valence-electron chi connectivity index (χ3n) is 2.12. The van der Waals surface area contributed by atoms with E-state index in [0.29, 0.717) is 0 Å². The van der Waals surface area contributed by atoms with Crippen molar-refractivity contribution < 1.29 is 8.42 Å². The topological polar surface area (TPSA) is 70.2 Å². The summed E-state index contributed by atoms with van der Waals surface area (Å²) in [6.07, 6.45) is 4.17. The molecule has 0 bridgehead atoms. The van der Waals surface area contributed by atoms with E-state index < -0.39 is 10.2 Å². The first kappa shape index (κ1) is 10.9. The number of hydrogen-bond acceptors (Lipinski definition) is 3. The van der Waals surface area contributed by atoms with Crippen LogP contribution in [0.1, 0.15) is 25.7 Å². The van der Waals surface area contributed by atoms with Crippen molar-refractivity contribution in [3.05, 3.63) is 0 Å². The summed E-state index contributed by atoms with van der Waals surface area (Å²) in [6, 6.07) is 0.134. The fourth-order valence-electron chi connectivity index (χ4n) is 1.47. The van der Waals surface area contributed by atoms with E-state index >= 15 is 0 Å². The van der Waals surface area contributed by atoms with E-state index in [2.05, 4.69) is 14.8 Å². The van der Waals surface area contributed by atoms with Crippen LogP contribution < -0.4 is 14.8 Å². The van der Waals surface area contributed by atoms with Crippen LogP contribution in [0.15, 0.2) is 0 Å². The Kier molecular flexibility index (Phi) is 4.11. The van der Waals surface area contributed by atoms with Crippen molar-refractivity contribution in [1.29, 1.82) is 0 Å². The van der Waals surface area contributed by atoms with Crippen LogP contribution in [0.25, 0.3) is 0 Å². The highest BCUT2D eigenvalue weighted by Gasteiger charge is 2.20. The molecule has 0 aromatic heterocycles. The Hall–Kier alpha value is -0.170. The van der Waals surface area contributed by atoms with E-state index in [1.54, 1.807) is 7.05 Å². The Bertz CT molecular complexity index is 234. The first-order valence-electron chi connectivity index (χ1n) is 4.55. The fraction of sp³-hybridized carbons (Fsp3) is 1.00. The van der Waals surface area contributed by atoms with Crippen molar-refractivity contribution in [3.8, 4) is 0 Å². The van der Waals surface area contributed by atoms with E-state index in [1.807, 2.05) is 0 Å². The highest BCUT2D eigenvalue weighted by molar-refractivity contribution is 7.87. The summed E-state index contributed by atoms with van der Waals surface area (Å²) in [5.74, 6) is 0. The molecule has 1 saturated carbocycles. The molecule has 1 rings (SSSR count). The van der Waals surface area contributed by atoms with Gasteiger partial charge >= 0.3 is 0 Å². The first-order chi connectivity index (χ1) is 6.14. The molecule has 0 atom stereocenters. The highest BCUT2D eigenvalue weighted by Crippen LogP contribution is 2.17. The van der Waals surface area contributed by atoms with Crippen LogP contribution in [0, 0.1) is 0 Å². The van der Waals surface area contributed by atoms with Gasteiger partial charge in [-0.1, -0.05) is 12.8 Å². The molecule has 3 N–H and O–H groups in total. The number of rotatable bonds is 5. The molecule has 5 nitrogen and oxygen atoms in total. The molecule has 78 valence electrons. The third kappa shape index (κ3) is 4.04. The Balaban J connectivity index is 2.32. The zero-order valence-electron chi connectivity index (χ0n) is 7.84. The molecule has 1 fully saturated rings. The second-order valence-corrected chi connectivity index (χ2v) is 4.81. The largest absolute Gasteiger partial charge is 0.307 e. The average molecular weight is 207 g/mol. The van der Waals surface area contributed by atoms with Gasteiger partial charge in [0.05, 0.1) is 6.67 Å². The normalized spacial score (nSPS) is 19.5. The summed E-state index contributed by atoms with van der Waals surface area (Å²) in [7, 11) is -1.60. The molecule has 13 heavy (non-hydrogen) atoms. The number of nitrogens with one attached hydrogen (secondary N) is 3. The molecular weight excluding hydrogens is 190 g/mol. The van der Waals surface area contributed by atoms with Crippen molar-refractivity contribution in [2.24, 2.45) is 0 Å². The Morgan fingerprint density at radius 2 is 1.92 bits per heavy atom. The molecule has 0 radical (unpaired) electrons. The molecule has 0 spiro atoms. The average Bonchev–Trinajstić information content (AvgIpc) is 2.52. The van der Waals surface area contributed by atoms with Crippen LogP contribution in [0.4, 0.5) is 0 Å². The van der Waals surface area contributed by atoms with Crippen LogP contribution in [-0.4, -0.2) is 28.2 Å². The lowest BCUT2D eigenvalue weighted by atomic mass is 10.3. The summed E-state index contributed by atoms with van der Waals surface area (Å²) >= 11 is 0. The van der Waals surface area contributed by atoms with E-state index in [4.69, 9.17) is 0 Å². The Morgan fingerprint density at radius 1 is 1.31 bits per heavy atom. The molecule has 1 aliphatic rings. The minimum atomic E-state index is -3.29. The molecule has 0 unspecified atom stereocenters. The van der Waals surface area contributed by atoms with Crippen LogP contribution in [-0.2, 0) is 10.2 Å². The second-order valence-electron chi connectivity index (χ2n) is 3.28. The van der Waals surface area contributed by atoms with Gasteiger partial charge in [-0.15, -0.1) is 0 Å². The van der Waals surface area contributed by atoms with Gasteiger partial charge in [0.15, 0.2) is 0 Å². The molecule has 0 aromatic carbocycles. The van der Waals surface area contributed by atoms with E-state index in [9.17, 15) is 8.42 Å². The van der Waals surface area contributed by atoms with E-state index in [0.717, 1.165) is 25.7 Å². The molecule has 0 saturated heterocycles. The number of hydrogen-bond donors (Lipinski definition) is 3. The Morgan fingerprint density at radius 3 is 2.46 bits per heavy atom. The zero-order valence-corrected chi connectivity index (χ0v) is 8.65. The van der Waals surface area contributed by atoms with Gasteiger partial charge in [-0.3, -0.25) is 0 Å². The predicted molar refractivity (Wildman–Crippen MR) is 51.4 cm³/mol. The molecule has 0 amide bonds. The van der Waals surface area contributed by atoms with Gasteiger partial charge in [-0.2, -0.15) is 17.9 Å². The minimum absolute atomic E-state index is 0.134. The van der Waals surface area contributed by atoms with Crippen molar-refractivity contribution in [2.75, 3.05) is 13.7 Å². The van der Waals surface area contributed by atoms with Crippen molar-refractivity contribution in [1.82, 2.24) is 14.8 Å². The standard InChI is InChI=1S/C7H17N3O2S/c1-8-6-9-13(11,12)10-7-4-2-3-5-7/h7-10H,2-6H2,1H3. The van der Waals surface area contributed by atoms with Crippen LogP contribution in [0.5, 0.6) is 0 Å². The molecule has 0 aromatic rings. The summed E-state index contributed by atoms with van der Waals surface area (Å²) in [5.41, 5.74) is 0. The maximum absolute atomic E-state index is 11.3. The van der Waals surface area contributed by atoms with Crippen LogP contribution in [0.3, 0.4) is 0 Å². The summed E-state index contributed by atoms with van der Waals surface area (Å²) in [5, 5.41) is 2.72. The second kappa shape index (κ2) is 4.90. The maximum Gasteiger partial charge on any atom is 0.278 e. The minimum Gasteiger partial charge on any atom is -0.307 e. The van der Waals surface area contributed by atoms with Gasteiger partial charge < -0.3 is 5.32 Å². The van der Waals surface area contributed by atoms with Gasteiger partial charge in [0.25, 0.3) is 10.2 Å². The quantitative estimate of drug-likeness (QED) is 0.534. The molecule has 6 heteroatoms. The SMILES string of the molecule is CNCNS(=O)(=O)NC1CCCC1. The lowest BCUT2D eigenvalue weighted by Crippen LogP contribution is -2.44. The molecule has 0 heterocycles. The van der Waals surface area contributed by atoms with E-state index in [1.165, 1.54) is 0 Å². The van der Waals surface area contributed by atoms with Gasteiger partial charge in [0, 0.05) is 6.04 Å². The van der Waals surface area contributed by atoms with Gasteiger partial charge in [-0.05, 0) is 19.9 Å². The predicted octanol–water partition coefficient (Wildman–Crippen LogP) is -0.470. The highest BCUT2D eigenvalue weighted by atomic mass is 32.2. The van der Waals surface area contributed by atoms with Crippen molar-refractivity contribution >= 4 is 10.2 Å².